The first kappa shape index (κ1) is 7.64. The van der Waals surface area contributed by atoms with Crippen LogP contribution in [0.5, 0.6) is 0 Å². The maximum Gasteiger partial charge on any atom is 0.0423 e. The Morgan fingerprint density at radius 2 is 2.30 bits per heavy atom. The Bertz CT molecular complexity index is 128. The highest BCUT2D eigenvalue weighted by molar-refractivity contribution is 5.06. The van der Waals surface area contributed by atoms with Gasteiger partial charge in [-0.05, 0) is 25.0 Å². The summed E-state index contributed by atoms with van der Waals surface area (Å²) in [6.45, 7) is 6.81. The molecule has 1 heteroatoms. The van der Waals surface area contributed by atoms with Crippen LogP contribution in [0.3, 0.4) is 0 Å². The molecule has 1 unspecified atom stereocenters. The molecule has 0 aromatic carbocycles. The van der Waals surface area contributed by atoms with Crippen molar-refractivity contribution < 1.29 is 0 Å². The summed E-state index contributed by atoms with van der Waals surface area (Å²) in [5.41, 5.74) is 0.375. The van der Waals surface area contributed by atoms with Crippen LogP contribution in [-0.4, -0.2) is 5.54 Å². The standard InChI is InChI=1S/C9H17N/c1-4-9(8(2)3)6-5-7-10-9/h5,7-8,10H,4,6H2,1-3H3. The van der Waals surface area contributed by atoms with E-state index in [4.69, 9.17) is 0 Å². The predicted octanol–water partition coefficient (Wildman–Crippen LogP) is 2.30. The largest absolute Gasteiger partial charge is 0.385 e. The Morgan fingerprint density at radius 1 is 1.60 bits per heavy atom. The van der Waals surface area contributed by atoms with Gasteiger partial charge in [0.25, 0.3) is 0 Å². The molecule has 0 aromatic heterocycles. The van der Waals surface area contributed by atoms with Crippen molar-refractivity contribution in [3.63, 3.8) is 0 Å². The highest BCUT2D eigenvalue weighted by atomic mass is 15.0. The Morgan fingerprint density at radius 3 is 2.50 bits per heavy atom. The summed E-state index contributed by atoms with van der Waals surface area (Å²) in [6.07, 6.45) is 6.73. The SMILES string of the molecule is CCC1(C(C)C)CC=CN1. The second kappa shape index (κ2) is 2.65. The molecule has 0 radical (unpaired) electrons. The molecule has 1 atom stereocenters. The number of hydrogen-bond donors (Lipinski definition) is 1. The zero-order chi connectivity index (χ0) is 7.61. The lowest BCUT2D eigenvalue weighted by atomic mass is 9.83. The first-order chi connectivity index (χ1) is 4.71. The molecule has 0 saturated carbocycles. The molecule has 1 nitrogen and oxygen atoms in total. The van der Waals surface area contributed by atoms with E-state index < -0.39 is 0 Å². The summed E-state index contributed by atoms with van der Waals surface area (Å²) >= 11 is 0. The van der Waals surface area contributed by atoms with E-state index in [-0.39, 0.29) is 0 Å². The molecule has 10 heavy (non-hydrogen) atoms. The maximum atomic E-state index is 3.44. The van der Waals surface area contributed by atoms with Gasteiger partial charge in [-0.1, -0.05) is 26.8 Å². The minimum atomic E-state index is 0.375. The zero-order valence-electron chi connectivity index (χ0n) is 7.15. The van der Waals surface area contributed by atoms with Crippen LogP contribution in [0.1, 0.15) is 33.6 Å². The highest BCUT2D eigenvalue weighted by Crippen LogP contribution is 2.28. The molecule has 58 valence electrons. The normalized spacial score (nSPS) is 31.2. The van der Waals surface area contributed by atoms with Gasteiger partial charge >= 0.3 is 0 Å². The molecule has 0 aromatic rings. The van der Waals surface area contributed by atoms with Crippen molar-refractivity contribution in [1.29, 1.82) is 0 Å². The average molecular weight is 139 g/mol. The first-order valence-electron chi connectivity index (χ1n) is 4.14. The van der Waals surface area contributed by atoms with Gasteiger partial charge in [0.05, 0.1) is 0 Å². The number of hydrogen-bond acceptors (Lipinski definition) is 1. The van der Waals surface area contributed by atoms with Gasteiger partial charge in [0.1, 0.15) is 0 Å². The molecule has 0 spiro atoms. The van der Waals surface area contributed by atoms with Crippen LogP contribution in [0.15, 0.2) is 12.3 Å². The van der Waals surface area contributed by atoms with Crippen molar-refractivity contribution in [2.45, 2.75) is 39.2 Å². The van der Waals surface area contributed by atoms with E-state index in [1.165, 1.54) is 12.8 Å². The molecule has 0 fully saturated rings. The van der Waals surface area contributed by atoms with Crippen molar-refractivity contribution in [1.82, 2.24) is 5.32 Å². The van der Waals surface area contributed by atoms with Gasteiger partial charge in [-0.2, -0.15) is 0 Å². The van der Waals surface area contributed by atoms with E-state index in [0.29, 0.717) is 5.54 Å². The van der Waals surface area contributed by atoms with Crippen LogP contribution in [0.4, 0.5) is 0 Å². The van der Waals surface area contributed by atoms with Crippen LogP contribution in [0.25, 0.3) is 0 Å². The Balaban J connectivity index is 2.61. The van der Waals surface area contributed by atoms with Gasteiger partial charge in [0, 0.05) is 5.54 Å². The van der Waals surface area contributed by atoms with E-state index in [1.807, 2.05) is 0 Å². The third-order valence-corrected chi connectivity index (χ3v) is 2.71. The van der Waals surface area contributed by atoms with E-state index >= 15 is 0 Å². The van der Waals surface area contributed by atoms with Crippen LogP contribution in [-0.2, 0) is 0 Å². The third kappa shape index (κ3) is 1.05. The molecule has 0 bridgehead atoms. The molecule has 0 saturated heterocycles. The second-order valence-corrected chi connectivity index (χ2v) is 3.42. The minimum Gasteiger partial charge on any atom is -0.385 e. The van der Waals surface area contributed by atoms with Crippen LogP contribution >= 0.6 is 0 Å². The summed E-state index contributed by atoms with van der Waals surface area (Å²) in [5, 5.41) is 3.44. The zero-order valence-corrected chi connectivity index (χ0v) is 7.15. The van der Waals surface area contributed by atoms with Gasteiger partial charge in [-0.15, -0.1) is 0 Å². The van der Waals surface area contributed by atoms with Crippen molar-refractivity contribution >= 4 is 0 Å². The Hall–Kier alpha value is -0.460. The molecule has 0 amide bonds. The van der Waals surface area contributed by atoms with E-state index in [0.717, 1.165) is 5.92 Å². The van der Waals surface area contributed by atoms with Crippen LogP contribution in [0.2, 0.25) is 0 Å². The molecule has 1 heterocycles. The lowest BCUT2D eigenvalue weighted by Crippen LogP contribution is -2.43. The predicted molar refractivity (Wildman–Crippen MR) is 44.8 cm³/mol. The molecule has 0 aliphatic carbocycles. The topological polar surface area (TPSA) is 12.0 Å². The quantitative estimate of drug-likeness (QED) is 0.619. The Kier molecular flexibility index (Phi) is 2.02. The summed E-state index contributed by atoms with van der Waals surface area (Å²) in [4.78, 5) is 0. The van der Waals surface area contributed by atoms with Gasteiger partial charge in [-0.25, -0.2) is 0 Å². The third-order valence-electron chi connectivity index (χ3n) is 2.71. The summed E-state index contributed by atoms with van der Waals surface area (Å²) < 4.78 is 0. The fourth-order valence-corrected chi connectivity index (χ4v) is 1.61. The molecule has 1 aliphatic rings. The molecule has 1 aliphatic heterocycles. The summed E-state index contributed by atoms with van der Waals surface area (Å²) in [7, 11) is 0. The van der Waals surface area contributed by atoms with E-state index in [9.17, 15) is 0 Å². The number of rotatable bonds is 2. The lowest BCUT2D eigenvalue weighted by Gasteiger charge is -2.33. The monoisotopic (exact) mass is 139 g/mol. The lowest BCUT2D eigenvalue weighted by molar-refractivity contribution is 0.271. The second-order valence-electron chi connectivity index (χ2n) is 3.42. The van der Waals surface area contributed by atoms with Crippen LogP contribution < -0.4 is 5.32 Å². The van der Waals surface area contributed by atoms with Crippen molar-refractivity contribution in [3.8, 4) is 0 Å². The number of nitrogens with one attached hydrogen (secondary N) is 1. The van der Waals surface area contributed by atoms with Gasteiger partial charge in [-0.3, -0.25) is 0 Å². The van der Waals surface area contributed by atoms with Gasteiger partial charge in [0.15, 0.2) is 0 Å². The molecular formula is C9H17N. The molecular weight excluding hydrogens is 122 g/mol. The first-order valence-corrected chi connectivity index (χ1v) is 4.14. The van der Waals surface area contributed by atoms with E-state index in [1.54, 1.807) is 0 Å². The van der Waals surface area contributed by atoms with E-state index in [2.05, 4.69) is 38.4 Å². The summed E-state index contributed by atoms with van der Waals surface area (Å²) in [6, 6.07) is 0. The minimum absolute atomic E-state index is 0.375. The Labute approximate surface area is 63.5 Å². The highest BCUT2D eigenvalue weighted by Gasteiger charge is 2.31. The van der Waals surface area contributed by atoms with Crippen LogP contribution in [0, 0.1) is 5.92 Å². The molecule has 1 rings (SSSR count). The maximum absolute atomic E-state index is 3.44. The fraction of sp³-hybridized carbons (Fsp3) is 0.778. The smallest absolute Gasteiger partial charge is 0.0423 e. The average Bonchev–Trinajstić information content (AvgIpc) is 2.35. The van der Waals surface area contributed by atoms with Crippen molar-refractivity contribution in [2.24, 2.45) is 5.92 Å². The summed E-state index contributed by atoms with van der Waals surface area (Å²) in [5.74, 6) is 0.729. The van der Waals surface area contributed by atoms with Crippen molar-refractivity contribution in [3.05, 3.63) is 12.3 Å². The molecule has 1 N–H and O–H groups in total. The van der Waals surface area contributed by atoms with Gasteiger partial charge in [0.2, 0.25) is 0 Å². The van der Waals surface area contributed by atoms with Crippen molar-refractivity contribution in [2.75, 3.05) is 0 Å². The fourth-order valence-electron chi connectivity index (χ4n) is 1.61. The van der Waals surface area contributed by atoms with Gasteiger partial charge < -0.3 is 5.32 Å².